The molecule has 0 N–H and O–H groups in total. The quantitative estimate of drug-likeness (QED) is 0.481. The molecule has 0 saturated carbocycles. The molecule has 24 heavy (non-hydrogen) atoms. The summed E-state index contributed by atoms with van der Waals surface area (Å²) < 4.78 is 12.1. The van der Waals surface area contributed by atoms with Crippen LogP contribution in [0.25, 0.3) is 6.08 Å². The largest absolute Gasteiger partial charge is 0.438 e. The highest BCUT2D eigenvalue weighted by Crippen LogP contribution is 2.40. The van der Waals surface area contributed by atoms with Crippen molar-refractivity contribution in [2.24, 2.45) is 0 Å². The Morgan fingerprint density at radius 2 is 1.08 bits per heavy atom. The number of benzene rings is 3. The van der Waals surface area contributed by atoms with Crippen LogP contribution in [0.15, 0.2) is 97.1 Å². The van der Waals surface area contributed by atoms with Gasteiger partial charge in [-0.1, -0.05) is 78.9 Å². The molecule has 0 saturated heterocycles. The van der Waals surface area contributed by atoms with Crippen molar-refractivity contribution in [3.63, 3.8) is 0 Å². The van der Waals surface area contributed by atoms with Crippen molar-refractivity contribution < 1.29 is 9.05 Å². The summed E-state index contributed by atoms with van der Waals surface area (Å²) in [5, 5.41) is 0. The fourth-order valence-electron chi connectivity index (χ4n) is 2.13. The van der Waals surface area contributed by atoms with E-state index in [1.165, 1.54) is 5.56 Å². The zero-order valence-electron chi connectivity index (χ0n) is 13.3. The van der Waals surface area contributed by atoms with E-state index < -0.39 is 8.38 Å². The molecule has 0 amide bonds. The Morgan fingerprint density at radius 1 is 0.625 bits per heavy atom. The number of para-hydroxylation sites is 2. The van der Waals surface area contributed by atoms with Gasteiger partial charge in [-0.3, -0.25) is 0 Å². The minimum atomic E-state index is -1.10. The summed E-state index contributed by atoms with van der Waals surface area (Å²) in [6.07, 6.45) is 4.92. The minimum absolute atomic E-state index is 0.716. The van der Waals surface area contributed by atoms with Crippen LogP contribution in [0.5, 0.6) is 11.5 Å². The lowest BCUT2D eigenvalue weighted by Crippen LogP contribution is -1.98. The molecule has 3 heteroatoms. The van der Waals surface area contributed by atoms with Crippen molar-refractivity contribution in [2.75, 3.05) is 6.16 Å². The summed E-state index contributed by atoms with van der Waals surface area (Å²) in [6, 6.07) is 29.8. The molecule has 0 aromatic heterocycles. The number of rotatable bonds is 7. The van der Waals surface area contributed by atoms with E-state index in [2.05, 4.69) is 24.3 Å². The van der Waals surface area contributed by atoms with E-state index in [0.717, 1.165) is 11.5 Å². The SMILES string of the molecule is C(=Cc1ccccc1)CP(Oc1ccccc1)Oc1ccccc1. The summed E-state index contributed by atoms with van der Waals surface area (Å²) >= 11 is 0. The minimum Gasteiger partial charge on any atom is -0.438 e. The standard InChI is InChI=1S/C21H19O2P/c1-4-11-19(12-5-1)13-10-18-24(22-20-14-6-2-7-15-20)23-21-16-8-3-9-17-21/h1-17H,18H2. The Labute approximate surface area is 144 Å². The third-order valence-corrected chi connectivity index (χ3v) is 4.60. The highest BCUT2D eigenvalue weighted by atomic mass is 31.2. The maximum atomic E-state index is 6.05. The number of allylic oxidation sites excluding steroid dienone is 1. The average molecular weight is 334 g/mol. The summed E-state index contributed by atoms with van der Waals surface area (Å²) in [7, 11) is -1.10. The van der Waals surface area contributed by atoms with Gasteiger partial charge in [0, 0.05) is 0 Å². The first-order valence-corrected chi connectivity index (χ1v) is 9.21. The molecule has 0 aliphatic rings. The summed E-state index contributed by atoms with van der Waals surface area (Å²) in [5.74, 6) is 1.65. The van der Waals surface area contributed by atoms with Gasteiger partial charge in [-0.05, 0) is 29.8 Å². The number of hydrogen-bond donors (Lipinski definition) is 0. The molecule has 0 aliphatic carbocycles. The molecule has 3 aromatic carbocycles. The van der Waals surface area contributed by atoms with Gasteiger partial charge < -0.3 is 9.05 Å². The Morgan fingerprint density at radius 3 is 1.58 bits per heavy atom. The maximum absolute atomic E-state index is 6.05. The molecule has 2 nitrogen and oxygen atoms in total. The first-order chi connectivity index (χ1) is 11.9. The van der Waals surface area contributed by atoms with Crippen LogP contribution in [0, 0.1) is 0 Å². The van der Waals surface area contributed by atoms with Crippen LogP contribution in [-0.4, -0.2) is 6.16 Å². The molecule has 0 fully saturated rings. The molecule has 0 heterocycles. The molecule has 0 aliphatic heterocycles. The zero-order chi connectivity index (χ0) is 16.5. The van der Waals surface area contributed by atoms with Gasteiger partial charge in [0.2, 0.25) is 0 Å². The molecule has 3 aromatic rings. The van der Waals surface area contributed by atoms with Crippen LogP contribution in [0.2, 0.25) is 0 Å². The second-order valence-electron chi connectivity index (χ2n) is 5.14. The normalized spacial score (nSPS) is 10.9. The van der Waals surface area contributed by atoms with E-state index in [-0.39, 0.29) is 0 Å². The van der Waals surface area contributed by atoms with Gasteiger partial charge >= 0.3 is 0 Å². The molecule has 120 valence electrons. The Balaban J connectivity index is 1.68. The van der Waals surface area contributed by atoms with Crippen LogP contribution >= 0.6 is 8.38 Å². The lowest BCUT2D eigenvalue weighted by molar-refractivity contribution is 0.493. The van der Waals surface area contributed by atoms with Crippen LogP contribution in [0.3, 0.4) is 0 Å². The van der Waals surface area contributed by atoms with Gasteiger partial charge in [-0.15, -0.1) is 0 Å². The van der Waals surface area contributed by atoms with Crippen LogP contribution in [0.4, 0.5) is 0 Å². The van der Waals surface area contributed by atoms with E-state index in [1.807, 2.05) is 78.9 Å². The highest BCUT2D eigenvalue weighted by molar-refractivity contribution is 7.48. The van der Waals surface area contributed by atoms with Crippen molar-refractivity contribution in [3.8, 4) is 11.5 Å². The van der Waals surface area contributed by atoms with Gasteiger partial charge in [0.15, 0.2) is 0 Å². The van der Waals surface area contributed by atoms with Crippen molar-refractivity contribution in [3.05, 3.63) is 103 Å². The molecule has 0 atom stereocenters. The first-order valence-electron chi connectivity index (χ1n) is 7.85. The van der Waals surface area contributed by atoms with Gasteiger partial charge in [-0.25, -0.2) is 0 Å². The van der Waals surface area contributed by atoms with Gasteiger partial charge in [0.05, 0.1) is 6.16 Å². The topological polar surface area (TPSA) is 18.5 Å². The Hall–Kier alpha value is -2.57. The van der Waals surface area contributed by atoms with Gasteiger partial charge in [0.25, 0.3) is 8.38 Å². The smallest absolute Gasteiger partial charge is 0.294 e. The molecule has 0 spiro atoms. The van der Waals surface area contributed by atoms with E-state index in [4.69, 9.17) is 9.05 Å². The van der Waals surface area contributed by atoms with Crippen molar-refractivity contribution in [1.29, 1.82) is 0 Å². The monoisotopic (exact) mass is 334 g/mol. The molecule has 3 rings (SSSR count). The van der Waals surface area contributed by atoms with Crippen LogP contribution in [0.1, 0.15) is 5.56 Å². The van der Waals surface area contributed by atoms with Crippen molar-refractivity contribution in [2.45, 2.75) is 0 Å². The third-order valence-electron chi connectivity index (χ3n) is 3.27. The van der Waals surface area contributed by atoms with Crippen molar-refractivity contribution >= 4 is 14.5 Å². The van der Waals surface area contributed by atoms with Gasteiger partial charge in [-0.2, -0.15) is 0 Å². The van der Waals surface area contributed by atoms with E-state index in [1.54, 1.807) is 0 Å². The predicted molar refractivity (Wildman–Crippen MR) is 101 cm³/mol. The second-order valence-corrected chi connectivity index (χ2v) is 6.53. The van der Waals surface area contributed by atoms with Crippen LogP contribution < -0.4 is 9.05 Å². The Bertz CT molecular complexity index is 701. The van der Waals surface area contributed by atoms with Crippen molar-refractivity contribution in [1.82, 2.24) is 0 Å². The zero-order valence-corrected chi connectivity index (χ0v) is 14.2. The van der Waals surface area contributed by atoms with Crippen LogP contribution in [-0.2, 0) is 0 Å². The van der Waals surface area contributed by atoms with E-state index >= 15 is 0 Å². The summed E-state index contributed by atoms with van der Waals surface area (Å²) in [6.45, 7) is 0. The molecular formula is C21H19O2P. The number of hydrogen-bond acceptors (Lipinski definition) is 2. The fourth-order valence-corrected chi connectivity index (χ4v) is 3.31. The molecular weight excluding hydrogens is 315 g/mol. The highest BCUT2D eigenvalue weighted by Gasteiger charge is 2.12. The maximum Gasteiger partial charge on any atom is 0.294 e. The average Bonchev–Trinajstić information content (AvgIpc) is 2.64. The molecule has 0 bridgehead atoms. The molecule has 0 radical (unpaired) electrons. The third kappa shape index (κ3) is 5.26. The van der Waals surface area contributed by atoms with E-state index in [0.29, 0.717) is 6.16 Å². The second kappa shape index (κ2) is 8.90. The molecule has 0 unspecified atom stereocenters. The lowest BCUT2D eigenvalue weighted by atomic mass is 10.2. The lowest BCUT2D eigenvalue weighted by Gasteiger charge is -2.17. The van der Waals surface area contributed by atoms with E-state index in [9.17, 15) is 0 Å². The van der Waals surface area contributed by atoms with Gasteiger partial charge in [0.1, 0.15) is 11.5 Å². The first kappa shape index (κ1) is 16.3. The Kier molecular flexibility index (Phi) is 6.05. The predicted octanol–water partition coefficient (Wildman–Crippen LogP) is 6.17. The fraction of sp³-hybridized carbons (Fsp3) is 0.0476. The summed E-state index contributed by atoms with van der Waals surface area (Å²) in [5.41, 5.74) is 1.17. The summed E-state index contributed by atoms with van der Waals surface area (Å²) in [4.78, 5) is 0.